The summed E-state index contributed by atoms with van der Waals surface area (Å²) in [6, 6.07) is 9.45. The molecule has 0 saturated heterocycles. The molecule has 2 rings (SSSR count). The average molecular weight is 254 g/mol. The maximum atomic E-state index is 8.76. The lowest BCUT2D eigenvalue weighted by Gasteiger charge is -1.99. The fraction of sp³-hybridized carbons (Fsp3) is 0.400. The lowest BCUT2D eigenvalue weighted by Crippen LogP contribution is -1.94. The average Bonchev–Trinajstić information content (AvgIpc) is 2.92. The maximum absolute atomic E-state index is 8.76. The first-order chi connectivity index (χ1) is 9.33. The van der Waals surface area contributed by atoms with E-state index in [1.807, 2.05) is 18.3 Å². The molecular weight excluding hydrogens is 236 g/mol. The van der Waals surface area contributed by atoms with Crippen LogP contribution in [0.5, 0.6) is 0 Å². The van der Waals surface area contributed by atoms with Gasteiger partial charge in [-0.05, 0) is 37.1 Å². The van der Waals surface area contributed by atoms with Gasteiger partial charge < -0.3 is 0 Å². The minimum atomic E-state index is 0.656. The van der Waals surface area contributed by atoms with Crippen LogP contribution in [0.3, 0.4) is 0 Å². The monoisotopic (exact) mass is 254 g/mol. The van der Waals surface area contributed by atoms with Crippen molar-refractivity contribution in [1.29, 1.82) is 5.26 Å². The van der Waals surface area contributed by atoms with Crippen LogP contribution < -0.4 is 0 Å². The Morgan fingerprint density at radius 3 is 2.63 bits per heavy atom. The van der Waals surface area contributed by atoms with Crippen LogP contribution >= 0.6 is 0 Å². The summed E-state index contributed by atoms with van der Waals surface area (Å²) in [5.74, 6) is 0. The molecule has 0 unspecified atom stereocenters. The molecular formula is C15H18N4. The maximum Gasteiger partial charge on any atom is 0.0991 e. The minimum absolute atomic E-state index is 0.656. The molecule has 19 heavy (non-hydrogen) atoms. The van der Waals surface area contributed by atoms with E-state index in [4.69, 9.17) is 5.26 Å². The third-order valence-corrected chi connectivity index (χ3v) is 3.09. The highest BCUT2D eigenvalue weighted by atomic mass is 15.4. The normalized spacial score (nSPS) is 10.3. The van der Waals surface area contributed by atoms with Crippen LogP contribution in [0, 0.1) is 11.3 Å². The Kier molecular flexibility index (Phi) is 4.68. The molecule has 0 bridgehead atoms. The first-order valence-electron chi connectivity index (χ1n) is 6.75. The molecule has 0 aliphatic heterocycles. The third kappa shape index (κ3) is 3.65. The largest absolute Gasteiger partial charge is 0.220 e. The van der Waals surface area contributed by atoms with E-state index < -0.39 is 0 Å². The zero-order valence-electron chi connectivity index (χ0n) is 11.2. The van der Waals surface area contributed by atoms with Gasteiger partial charge in [-0.2, -0.15) is 5.26 Å². The highest BCUT2D eigenvalue weighted by Crippen LogP contribution is 2.10. The number of aromatic nitrogens is 3. The van der Waals surface area contributed by atoms with Crippen LogP contribution in [0.1, 0.15) is 43.9 Å². The van der Waals surface area contributed by atoms with Crippen LogP contribution in [0.2, 0.25) is 0 Å². The Balaban J connectivity index is 1.98. The Hall–Kier alpha value is -2.15. The lowest BCUT2D eigenvalue weighted by molar-refractivity contribution is 0.659. The first-order valence-corrected chi connectivity index (χ1v) is 6.75. The summed E-state index contributed by atoms with van der Waals surface area (Å²) in [4.78, 5) is 0. The van der Waals surface area contributed by atoms with Crippen molar-refractivity contribution in [2.24, 2.45) is 0 Å². The summed E-state index contributed by atoms with van der Waals surface area (Å²) in [5, 5.41) is 17.1. The van der Waals surface area contributed by atoms with Gasteiger partial charge in [0.05, 0.1) is 29.2 Å². The van der Waals surface area contributed by atoms with E-state index in [1.54, 1.807) is 16.8 Å². The van der Waals surface area contributed by atoms with E-state index >= 15 is 0 Å². The summed E-state index contributed by atoms with van der Waals surface area (Å²) >= 11 is 0. The van der Waals surface area contributed by atoms with Gasteiger partial charge in [0, 0.05) is 0 Å². The van der Waals surface area contributed by atoms with Crippen molar-refractivity contribution in [1.82, 2.24) is 15.0 Å². The number of hydrogen-bond donors (Lipinski definition) is 0. The molecule has 4 heteroatoms. The van der Waals surface area contributed by atoms with Gasteiger partial charge in [0.25, 0.3) is 0 Å². The van der Waals surface area contributed by atoms with Crippen molar-refractivity contribution in [3.63, 3.8) is 0 Å². The highest BCUT2D eigenvalue weighted by Gasteiger charge is 2.02. The van der Waals surface area contributed by atoms with Gasteiger partial charge in [-0.15, -0.1) is 5.10 Å². The molecule has 0 saturated carbocycles. The SMILES string of the molecule is CCCCCCc1cn(-c2ccc(C#N)cc2)nn1. The zero-order valence-corrected chi connectivity index (χ0v) is 11.2. The number of rotatable bonds is 6. The number of hydrogen-bond acceptors (Lipinski definition) is 3. The van der Waals surface area contributed by atoms with E-state index in [-0.39, 0.29) is 0 Å². The number of nitriles is 1. The Morgan fingerprint density at radius 2 is 1.95 bits per heavy atom. The van der Waals surface area contributed by atoms with Gasteiger partial charge in [-0.3, -0.25) is 0 Å². The molecule has 0 N–H and O–H groups in total. The molecule has 0 atom stereocenters. The van der Waals surface area contributed by atoms with Crippen molar-refractivity contribution >= 4 is 0 Å². The number of unbranched alkanes of at least 4 members (excludes halogenated alkanes) is 3. The van der Waals surface area contributed by atoms with E-state index in [2.05, 4.69) is 23.3 Å². The summed E-state index contributed by atoms with van der Waals surface area (Å²) < 4.78 is 1.76. The van der Waals surface area contributed by atoms with E-state index in [9.17, 15) is 0 Å². The first kappa shape index (κ1) is 13.3. The molecule has 1 aromatic heterocycles. The fourth-order valence-electron chi connectivity index (χ4n) is 1.96. The molecule has 0 radical (unpaired) electrons. The summed E-state index contributed by atoms with van der Waals surface area (Å²) in [6.07, 6.45) is 7.89. The summed E-state index contributed by atoms with van der Waals surface area (Å²) in [5.41, 5.74) is 2.62. The lowest BCUT2D eigenvalue weighted by atomic mass is 10.1. The molecule has 0 fully saturated rings. The standard InChI is InChI=1S/C15H18N4/c1-2-3-4-5-6-14-12-19(18-17-14)15-9-7-13(11-16)8-10-15/h7-10,12H,2-6H2,1H3. The van der Waals surface area contributed by atoms with Crippen molar-refractivity contribution < 1.29 is 0 Å². The predicted molar refractivity (Wildman–Crippen MR) is 73.9 cm³/mol. The topological polar surface area (TPSA) is 54.5 Å². The molecule has 4 nitrogen and oxygen atoms in total. The van der Waals surface area contributed by atoms with Gasteiger partial charge in [-0.1, -0.05) is 31.4 Å². The summed E-state index contributed by atoms with van der Waals surface area (Å²) in [6.45, 7) is 2.21. The molecule has 0 amide bonds. The summed E-state index contributed by atoms with van der Waals surface area (Å²) in [7, 11) is 0. The van der Waals surface area contributed by atoms with Crippen LogP contribution in [0.4, 0.5) is 0 Å². The van der Waals surface area contributed by atoms with Crippen molar-refractivity contribution in [2.45, 2.75) is 39.0 Å². The number of nitrogens with zero attached hydrogens (tertiary/aromatic N) is 4. The highest BCUT2D eigenvalue weighted by molar-refractivity contribution is 5.38. The molecule has 0 spiro atoms. The van der Waals surface area contributed by atoms with Crippen molar-refractivity contribution in [2.75, 3.05) is 0 Å². The molecule has 0 aliphatic carbocycles. The van der Waals surface area contributed by atoms with Gasteiger partial charge in [-0.25, -0.2) is 4.68 Å². The van der Waals surface area contributed by atoms with E-state index in [0.717, 1.165) is 17.8 Å². The van der Waals surface area contributed by atoms with Gasteiger partial charge in [0.15, 0.2) is 0 Å². The van der Waals surface area contributed by atoms with Crippen molar-refractivity contribution in [3.8, 4) is 11.8 Å². The molecule has 0 aliphatic rings. The molecule has 98 valence electrons. The fourth-order valence-corrected chi connectivity index (χ4v) is 1.96. The van der Waals surface area contributed by atoms with Crippen LogP contribution in [-0.4, -0.2) is 15.0 Å². The van der Waals surface area contributed by atoms with Gasteiger partial charge >= 0.3 is 0 Å². The van der Waals surface area contributed by atoms with Crippen LogP contribution in [0.15, 0.2) is 30.5 Å². The van der Waals surface area contributed by atoms with Crippen molar-refractivity contribution in [3.05, 3.63) is 41.7 Å². The molecule has 1 heterocycles. The number of benzene rings is 1. The van der Waals surface area contributed by atoms with Crippen LogP contribution in [0.25, 0.3) is 5.69 Å². The van der Waals surface area contributed by atoms with Gasteiger partial charge in [0.1, 0.15) is 0 Å². The molecule has 1 aromatic carbocycles. The zero-order chi connectivity index (χ0) is 13.5. The van der Waals surface area contributed by atoms with Gasteiger partial charge in [0.2, 0.25) is 0 Å². The smallest absolute Gasteiger partial charge is 0.0991 e. The van der Waals surface area contributed by atoms with E-state index in [1.165, 1.54) is 25.7 Å². The second kappa shape index (κ2) is 6.69. The Labute approximate surface area is 113 Å². The second-order valence-electron chi connectivity index (χ2n) is 4.62. The molecule has 2 aromatic rings. The predicted octanol–water partition coefficient (Wildman–Crippen LogP) is 3.26. The second-order valence-corrected chi connectivity index (χ2v) is 4.62. The van der Waals surface area contributed by atoms with Crippen LogP contribution in [-0.2, 0) is 6.42 Å². The Bertz CT molecular complexity index is 548. The quantitative estimate of drug-likeness (QED) is 0.743. The Morgan fingerprint density at radius 1 is 1.16 bits per heavy atom. The minimum Gasteiger partial charge on any atom is -0.220 e. The van der Waals surface area contributed by atoms with E-state index in [0.29, 0.717) is 5.56 Å². The third-order valence-electron chi connectivity index (χ3n) is 3.09. The number of aryl methyl sites for hydroxylation is 1.